The Kier molecular flexibility index (Phi) is 18.7. The predicted molar refractivity (Wildman–Crippen MR) is 48.1 cm³/mol. The van der Waals surface area contributed by atoms with Crippen molar-refractivity contribution in [3.8, 4) is 0 Å². The molecule has 0 heterocycles. The van der Waals surface area contributed by atoms with Crippen LogP contribution in [0.2, 0.25) is 0 Å². The van der Waals surface area contributed by atoms with Crippen LogP contribution in [-0.2, 0) is 0 Å². The highest BCUT2D eigenvalue weighted by molar-refractivity contribution is 4.94. The molecular weight excluding hydrogens is 165 g/mol. The van der Waals surface area contributed by atoms with Crippen molar-refractivity contribution >= 4 is 0 Å². The molecule has 0 nitrogen and oxygen atoms in total. The van der Waals surface area contributed by atoms with Crippen molar-refractivity contribution in [3.63, 3.8) is 0 Å². The molecule has 0 aromatic carbocycles. The maximum Gasteiger partial charge on any atom is 0.386 e. The second-order valence-corrected chi connectivity index (χ2v) is 1.54. The van der Waals surface area contributed by atoms with Crippen LogP contribution in [0.5, 0.6) is 0 Å². The lowest BCUT2D eigenvalue weighted by atomic mass is 10.5. The Labute approximate surface area is 72.8 Å². The summed E-state index contributed by atoms with van der Waals surface area (Å²) in [6.07, 6.45) is 1.58. The highest BCUT2D eigenvalue weighted by Crippen LogP contribution is 2.10. The molecule has 0 atom stereocenters. The molecule has 0 rings (SSSR count). The number of hydrogen-bond donors (Lipinski definition) is 0. The van der Waals surface area contributed by atoms with E-state index in [-0.39, 0.29) is 6.92 Å². The molecule has 0 fully saturated rings. The van der Waals surface area contributed by atoms with Gasteiger partial charge >= 0.3 is 6.18 Å². The Balaban J connectivity index is -0.000000112. The summed E-state index contributed by atoms with van der Waals surface area (Å²) in [5, 5.41) is 0. The van der Waals surface area contributed by atoms with Crippen molar-refractivity contribution < 1.29 is 13.2 Å². The average molecular weight is 182 g/mol. The molecule has 0 bridgehead atoms. The summed E-state index contributed by atoms with van der Waals surface area (Å²) < 4.78 is 31.1. The number of hydrogen-bond acceptors (Lipinski definition) is 0. The predicted octanol–water partition coefficient (Wildman–Crippen LogP) is 4.34. The molecule has 0 unspecified atom stereocenters. The van der Waals surface area contributed by atoms with E-state index in [1.807, 2.05) is 32.9 Å². The lowest BCUT2D eigenvalue weighted by Crippen LogP contribution is -1.95. The molecule has 0 aliphatic rings. The lowest BCUT2D eigenvalue weighted by Gasteiger charge is -1.88. The standard InChI is InChI=1S/C5H8.C2H3F3.C2H6/c1-3-5-4-2;1-2(3,4)5;1-2/h3-5H,1H2,2H3;1H3;1-2H3/b5-4-;;. The van der Waals surface area contributed by atoms with Crippen LogP contribution in [0.15, 0.2) is 24.8 Å². The first-order valence-corrected chi connectivity index (χ1v) is 3.72. The fraction of sp³-hybridized carbons (Fsp3) is 0.556. The van der Waals surface area contributed by atoms with E-state index >= 15 is 0 Å². The summed E-state index contributed by atoms with van der Waals surface area (Å²) in [6, 6.07) is 0. The fourth-order valence-corrected chi connectivity index (χ4v) is 0.136. The van der Waals surface area contributed by atoms with Crippen molar-refractivity contribution in [1.82, 2.24) is 0 Å². The minimum absolute atomic E-state index is 0.188. The van der Waals surface area contributed by atoms with Crippen LogP contribution in [0.4, 0.5) is 13.2 Å². The van der Waals surface area contributed by atoms with Crippen molar-refractivity contribution in [1.29, 1.82) is 0 Å². The van der Waals surface area contributed by atoms with Crippen molar-refractivity contribution in [2.45, 2.75) is 33.9 Å². The second-order valence-electron chi connectivity index (χ2n) is 1.54. The summed E-state index contributed by atoms with van der Waals surface area (Å²) in [5.41, 5.74) is 0. The largest absolute Gasteiger partial charge is 0.386 e. The van der Waals surface area contributed by atoms with E-state index in [0.717, 1.165) is 0 Å². The zero-order valence-electron chi connectivity index (χ0n) is 8.07. The Morgan fingerprint density at radius 2 is 1.42 bits per heavy atom. The smallest absolute Gasteiger partial charge is 0.172 e. The van der Waals surface area contributed by atoms with Crippen LogP contribution in [0, 0.1) is 0 Å². The second kappa shape index (κ2) is 12.9. The highest BCUT2D eigenvalue weighted by atomic mass is 19.4. The van der Waals surface area contributed by atoms with Gasteiger partial charge in [-0.25, -0.2) is 0 Å². The molecule has 0 saturated heterocycles. The maximum atomic E-state index is 10.4. The van der Waals surface area contributed by atoms with Crippen LogP contribution in [0.1, 0.15) is 27.7 Å². The number of halogens is 3. The van der Waals surface area contributed by atoms with Crippen LogP contribution in [0.25, 0.3) is 0 Å². The van der Waals surface area contributed by atoms with E-state index in [2.05, 4.69) is 6.58 Å². The Hall–Kier alpha value is -0.730. The molecule has 0 aromatic heterocycles. The van der Waals surface area contributed by atoms with Crippen LogP contribution in [0.3, 0.4) is 0 Å². The van der Waals surface area contributed by atoms with Gasteiger partial charge in [0.2, 0.25) is 0 Å². The first-order chi connectivity index (χ1) is 5.41. The van der Waals surface area contributed by atoms with Gasteiger partial charge in [0, 0.05) is 6.92 Å². The van der Waals surface area contributed by atoms with Gasteiger partial charge in [-0.15, -0.1) is 0 Å². The maximum absolute atomic E-state index is 10.4. The third-order valence-corrected chi connectivity index (χ3v) is 0.329. The molecule has 12 heavy (non-hydrogen) atoms. The third-order valence-electron chi connectivity index (χ3n) is 0.329. The summed E-state index contributed by atoms with van der Waals surface area (Å²) in [4.78, 5) is 0. The van der Waals surface area contributed by atoms with Gasteiger partial charge < -0.3 is 0 Å². The van der Waals surface area contributed by atoms with Gasteiger partial charge in [-0.2, -0.15) is 13.2 Å². The molecule has 0 radical (unpaired) electrons. The summed E-state index contributed by atoms with van der Waals surface area (Å²) in [6.45, 7) is 9.61. The van der Waals surface area contributed by atoms with Crippen molar-refractivity contribution in [2.75, 3.05) is 0 Å². The van der Waals surface area contributed by atoms with Crippen molar-refractivity contribution in [3.05, 3.63) is 24.8 Å². The van der Waals surface area contributed by atoms with Gasteiger partial charge in [0.25, 0.3) is 0 Å². The van der Waals surface area contributed by atoms with E-state index in [9.17, 15) is 13.2 Å². The zero-order chi connectivity index (χ0) is 10.6. The van der Waals surface area contributed by atoms with Gasteiger partial charge in [-0.1, -0.05) is 38.7 Å². The number of alkyl halides is 3. The van der Waals surface area contributed by atoms with Gasteiger partial charge in [0.1, 0.15) is 0 Å². The molecule has 0 saturated carbocycles. The van der Waals surface area contributed by atoms with Crippen LogP contribution in [-0.4, -0.2) is 6.18 Å². The molecule has 3 heteroatoms. The first kappa shape index (κ1) is 17.4. The highest BCUT2D eigenvalue weighted by Gasteiger charge is 2.15. The first-order valence-electron chi connectivity index (χ1n) is 3.72. The van der Waals surface area contributed by atoms with Gasteiger partial charge in [-0.05, 0) is 6.92 Å². The monoisotopic (exact) mass is 182 g/mol. The number of allylic oxidation sites excluding steroid dienone is 3. The normalized spacial score (nSPS) is 9.25. The Morgan fingerprint density at radius 1 is 1.17 bits per heavy atom. The van der Waals surface area contributed by atoms with Crippen molar-refractivity contribution in [2.24, 2.45) is 0 Å². The van der Waals surface area contributed by atoms with Gasteiger partial charge in [0.05, 0.1) is 0 Å². The quantitative estimate of drug-likeness (QED) is 0.529. The molecule has 0 aromatic rings. The third kappa shape index (κ3) is 393. The fourth-order valence-electron chi connectivity index (χ4n) is 0.136. The zero-order valence-corrected chi connectivity index (χ0v) is 8.07. The summed E-state index contributed by atoms with van der Waals surface area (Å²) in [5.74, 6) is 0. The van der Waals surface area contributed by atoms with E-state index in [4.69, 9.17) is 0 Å². The van der Waals surface area contributed by atoms with E-state index < -0.39 is 6.18 Å². The topological polar surface area (TPSA) is 0 Å². The SMILES string of the molecule is C=C/C=C\C.CC.CC(F)(F)F. The lowest BCUT2D eigenvalue weighted by molar-refractivity contribution is -0.110. The van der Waals surface area contributed by atoms with E-state index in [0.29, 0.717) is 0 Å². The van der Waals surface area contributed by atoms with Crippen LogP contribution < -0.4 is 0 Å². The molecule has 0 amide bonds. The average Bonchev–Trinajstić information content (AvgIpc) is 1.90. The molecular formula is C9H17F3. The summed E-state index contributed by atoms with van der Waals surface area (Å²) >= 11 is 0. The molecule has 0 aliphatic carbocycles. The number of rotatable bonds is 1. The van der Waals surface area contributed by atoms with Gasteiger partial charge in [0.15, 0.2) is 0 Å². The van der Waals surface area contributed by atoms with Gasteiger partial charge in [-0.3, -0.25) is 0 Å². The summed E-state index contributed by atoms with van der Waals surface area (Å²) in [7, 11) is 0. The Bertz CT molecular complexity index is 94.8. The molecule has 0 spiro atoms. The Morgan fingerprint density at radius 3 is 1.42 bits per heavy atom. The van der Waals surface area contributed by atoms with E-state index in [1.54, 1.807) is 6.08 Å². The minimum atomic E-state index is -4.00. The molecule has 0 N–H and O–H groups in total. The van der Waals surface area contributed by atoms with Crippen LogP contribution >= 0.6 is 0 Å². The minimum Gasteiger partial charge on any atom is -0.172 e. The van der Waals surface area contributed by atoms with E-state index in [1.165, 1.54) is 0 Å². The molecule has 0 aliphatic heterocycles. The molecule has 74 valence electrons.